The van der Waals surface area contributed by atoms with E-state index in [1.807, 2.05) is 12.1 Å². The molecular formula is C30H32F3N3O. The van der Waals surface area contributed by atoms with Gasteiger partial charge in [-0.05, 0) is 62.1 Å². The molecule has 0 radical (unpaired) electrons. The van der Waals surface area contributed by atoms with Crippen LogP contribution in [0.1, 0.15) is 42.1 Å². The molecule has 1 saturated heterocycles. The van der Waals surface area contributed by atoms with E-state index in [1.54, 1.807) is 6.07 Å². The minimum absolute atomic E-state index is 0.0350. The predicted molar refractivity (Wildman–Crippen MR) is 140 cm³/mol. The molecule has 0 bridgehead atoms. The van der Waals surface area contributed by atoms with Gasteiger partial charge in [0.1, 0.15) is 0 Å². The Morgan fingerprint density at radius 3 is 2.78 bits per heavy atom. The summed E-state index contributed by atoms with van der Waals surface area (Å²) in [6, 6.07) is 12.5. The summed E-state index contributed by atoms with van der Waals surface area (Å²) < 4.78 is 47.3. The van der Waals surface area contributed by atoms with Gasteiger partial charge in [0, 0.05) is 52.8 Å². The van der Waals surface area contributed by atoms with Crippen molar-refractivity contribution in [3.8, 4) is 0 Å². The van der Waals surface area contributed by atoms with E-state index < -0.39 is 11.7 Å². The van der Waals surface area contributed by atoms with Crippen molar-refractivity contribution < 1.29 is 17.9 Å². The highest BCUT2D eigenvalue weighted by atomic mass is 19.4. The van der Waals surface area contributed by atoms with Crippen LogP contribution >= 0.6 is 0 Å². The summed E-state index contributed by atoms with van der Waals surface area (Å²) in [5.41, 5.74) is 3.19. The van der Waals surface area contributed by atoms with Crippen molar-refractivity contribution in [2.45, 2.75) is 50.1 Å². The zero-order valence-corrected chi connectivity index (χ0v) is 20.6. The molecule has 2 aromatic carbocycles. The summed E-state index contributed by atoms with van der Waals surface area (Å²) in [6.45, 7) is 1.50. The third-order valence-corrected chi connectivity index (χ3v) is 8.11. The van der Waals surface area contributed by atoms with Gasteiger partial charge in [-0.1, -0.05) is 42.5 Å². The lowest BCUT2D eigenvalue weighted by molar-refractivity contribution is -0.138. The van der Waals surface area contributed by atoms with Gasteiger partial charge in [0.25, 0.3) is 0 Å². The topological polar surface area (TPSA) is 49.1 Å². The van der Waals surface area contributed by atoms with Gasteiger partial charge in [0.05, 0.1) is 17.8 Å². The van der Waals surface area contributed by atoms with Gasteiger partial charge in [0.2, 0.25) is 0 Å². The van der Waals surface area contributed by atoms with Crippen molar-refractivity contribution in [3.05, 3.63) is 89.7 Å². The summed E-state index contributed by atoms with van der Waals surface area (Å²) in [4.78, 5) is 3.32. The number of halogens is 3. The van der Waals surface area contributed by atoms with Crippen molar-refractivity contribution >= 4 is 16.6 Å². The van der Waals surface area contributed by atoms with E-state index in [0.717, 1.165) is 43.4 Å². The van der Waals surface area contributed by atoms with Crippen LogP contribution in [-0.2, 0) is 17.3 Å². The van der Waals surface area contributed by atoms with Crippen LogP contribution in [0, 0.1) is 11.8 Å². The molecule has 0 spiro atoms. The minimum atomic E-state index is -4.38. The van der Waals surface area contributed by atoms with Gasteiger partial charge < -0.3 is 20.4 Å². The molecule has 2 aliphatic heterocycles. The van der Waals surface area contributed by atoms with Crippen LogP contribution < -0.4 is 10.6 Å². The number of allylic oxidation sites excluding steroid dienone is 3. The van der Waals surface area contributed by atoms with Crippen molar-refractivity contribution in [3.63, 3.8) is 0 Å². The standard InChI is InChI=1S/C30H32F3N3O/c31-30(32,33)21-10-13-27-25(16-21)29-24(28(36-27)19-6-2-1-3-7-19)12-11-22(37-29)18-34-15-14-20-17-35-26-9-5-4-8-23(20)26/h1-6,8-10,13,16-17,19,22,24,28-29,34-36H,7,11-12,14-15,18H2/t19?,22-,24+,28+,29+/m1/s1. The molecule has 1 aliphatic carbocycles. The van der Waals surface area contributed by atoms with Gasteiger partial charge in [0.15, 0.2) is 0 Å². The van der Waals surface area contributed by atoms with Crippen LogP contribution in [0.15, 0.2) is 73.0 Å². The average Bonchev–Trinajstić information content (AvgIpc) is 3.33. The van der Waals surface area contributed by atoms with Gasteiger partial charge in [-0.15, -0.1) is 0 Å². The molecule has 0 amide bonds. The van der Waals surface area contributed by atoms with E-state index in [4.69, 9.17) is 4.74 Å². The Labute approximate surface area is 215 Å². The van der Waals surface area contributed by atoms with Crippen LogP contribution in [-0.4, -0.2) is 30.2 Å². The first-order chi connectivity index (χ1) is 18.0. The van der Waals surface area contributed by atoms with Crippen LogP contribution in [0.5, 0.6) is 0 Å². The number of hydrogen-bond donors (Lipinski definition) is 3. The largest absolute Gasteiger partial charge is 0.416 e. The first-order valence-corrected chi connectivity index (χ1v) is 13.2. The Bertz CT molecular complexity index is 1310. The predicted octanol–water partition coefficient (Wildman–Crippen LogP) is 6.78. The summed E-state index contributed by atoms with van der Waals surface area (Å²) in [5, 5.41) is 8.36. The van der Waals surface area contributed by atoms with Gasteiger partial charge in [-0.2, -0.15) is 13.2 Å². The van der Waals surface area contributed by atoms with Crippen molar-refractivity contribution in [1.29, 1.82) is 0 Å². The highest BCUT2D eigenvalue weighted by molar-refractivity contribution is 5.83. The second-order valence-corrected chi connectivity index (χ2v) is 10.4. The lowest BCUT2D eigenvalue weighted by Crippen LogP contribution is -2.48. The summed E-state index contributed by atoms with van der Waals surface area (Å²) in [5.74, 6) is 0.419. The fourth-order valence-electron chi connectivity index (χ4n) is 6.24. The molecule has 3 N–H and O–H groups in total. The number of aromatic nitrogens is 1. The lowest BCUT2D eigenvalue weighted by atomic mass is 9.73. The highest BCUT2D eigenvalue weighted by Gasteiger charge is 2.44. The summed E-state index contributed by atoms with van der Waals surface area (Å²) >= 11 is 0. The molecule has 3 aromatic rings. The average molecular weight is 508 g/mol. The van der Waals surface area contributed by atoms with E-state index in [2.05, 4.69) is 58.3 Å². The number of benzene rings is 2. The van der Waals surface area contributed by atoms with Crippen LogP contribution in [0.25, 0.3) is 10.9 Å². The Hall–Kier alpha value is -3.03. The molecule has 1 aromatic heterocycles. The molecule has 5 atom stereocenters. The first-order valence-electron chi connectivity index (χ1n) is 13.2. The monoisotopic (exact) mass is 507 g/mol. The third-order valence-electron chi connectivity index (χ3n) is 8.11. The fraction of sp³-hybridized carbons (Fsp3) is 0.400. The van der Waals surface area contributed by atoms with Gasteiger partial charge in [-0.25, -0.2) is 0 Å². The van der Waals surface area contributed by atoms with Gasteiger partial charge in [-0.3, -0.25) is 0 Å². The third kappa shape index (κ3) is 4.94. The number of hydrogen-bond acceptors (Lipinski definition) is 3. The van der Waals surface area contributed by atoms with E-state index in [-0.39, 0.29) is 24.2 Å². The number of anilines is 1. The smallest absolute Gasteiger partial charge is 0.381 e. The molecule has 6 rings (SSSR count). The molecule has 3 heterocycles. The SMILES string of the molecule is FC(F)(F)c1ccc2c(c1)[C@H]1O[C@@H](CNCCc3c[nH]c4ccccc34)CC[C@H]1[C@H](C1C=CC=CC1)N2. The van der Waals surface area contributed by atoms with Crippen molar-refractivity contribution in [2.75, 3.05) is 18.4 Å². The Morgan fingerprint density at radius 2 is 1.95 bits per heavy atom. The van der Waals surface area contributed by atoms with Crippen LogP contribution in [0.4, 0.5) is 18.9 Å². The quantitative estimate of drug-likeness (QED) is 0.322. The van der Waals surface area contributed by atoms with Gasteiger partial charge >= 0.3 is 6.18 Å². The highest BCUT2D eigenvalue weighted by Crippen LogP contribution is 2.49. The zero-order chi connectivity index (χ0) is 25.4. The lowest BCUT2D eigenvalue weighted by Gasteiger charge is -2.47. The number of para-hydroxylation sites is 1. The number of ether oxygens (including phenoxy) is 1. The van der Waals surface area contributed by atoms with Crippen LogP contribution in [0.3, 0.4) is 0 Å². The molecule has 3 aliphatic rings. The molecule has 1 unspecified atom stereocenters. The van der Waals surface area contributed by atoms with Crippen LogP contribution in [0.2, 0.25) is 0 Å². The van der Waals surface area contributed by atoms with E-state index in [9.17, 15) is 13.2 Å². The maximum Gasteiger partial charge on any atom is 0.416 e. The summed E-state index contributed by atoms with van der Waals surface area (Å²) in [7, 11) is 0. The number of aromatic amines is 1. The number of H-pyrrole nitrogens is 1. The van der Waals surface area contributed by atoms with E-state index in [1.165, 1.54) is 23.1 Å². The van der Waals surface area contributed by atoms with E-state index >= 15 is 0 Å². The Morgan fingerprint density at radius 1 is 1.05 bits per heavy atom. The molecule has 1 fully saturated rings. The normalized spacial score (nSPS) is 27.1. The zero-order valence-electron chi connectivity index (χ0n) is 20.6. The second kappa shape index (κ2) is 10.0. The number of rotatable bonds is 6. The molecule has 194 valence electrons. The minimum Gasteiger partial charge on any atom is -0.381 e. The first kappa shape index (κ1) is 24.3. The second-order valence-electron chi connectivity index (χ2n) is 10.4. The number of fused-ring (bicyclic) bond motifs is 4. The number of alkyl halides is 3. The molecular weight excluding hydrogens is 475 g/mol. The molecule has 0 saturated carbocycles. The molecule has 4 nitrogen and oxygen atoms in total. The van der Waals surface area contributed by atoms with Crippen molar-refractivity contribution in [2.24, 2.45) is 11.8 Å². The maximum absolute atomic E-state index is 13.6. The Balaban J connectivity index is 1.16. The fourth-order valence-corrected chi connectivity index (χ4v) is 6.24. The summed E-state index contributed by atoms with van der Waals surface area (Å²) in [6.07, 6.45) is 9.41. The number of nitrogens with one attached hydrogen (secondary N) is 3. The molecule has 7 heteroatoms. The molecule has 37 heavy (non-hydrogen) atoms. The van der Waals surface area contributed by atoms with E-state index in [0.29, 0.717) is 18.0 Å². The van der Waals surface area contributed by atoms with Crippen molar-refractivity contribution in [1.82, 2.24) is 10.3 Å². The maximum atomic E-state index is 13.6. The Kier molecular flexibility index (Phi) is 6.59.